The first-order chi connectivity index (χ1) is 7.28. The topological polar surface area (TPSA) is 71.5 Å². The molecule has 0 aromatic carbocycles. The minimum Gasteiger partial charge on any atom is -0.504 e. The van der Waals surface area contributed by atoms with Crippen LogP contribution in [0.15, 0.2) is 12.3 Å². The normalized spacial score (nSPS) is 11.0. The number of hydrogen-bond donors (Lipinski definition) is 2. The highest BCUT2D eigenvalue weighted by atomic mass is 16.6. The van der Waals surface area contributed by atoms with Crippen LogP contribution in [0.5, 0.6) is 5.75 Å². The Kier molecular flexibility index (Phi) is 3.37. The first-order valence-corrected chi connectivity index (χ1v) is 4.93. The molecule has 0 spiro atoms. The zero-order chi connectivity index (χ0) is 12.3. The first kappa shape index (κ1) is 12.3. The number of nitrogens with zero attached hydrogens (tertiary/aromatic N) is 1. The van der Waals surface area contributed by atoms with Gasteiger partial charge < -0.3 is 9.84 Å². The summed E-state index contributed by atoms with van der Waals surface area (Å²) in [5, 5.41) is 11.9. The van der Waals surface area contributed by atoms with E-state index in [1.54, 1.807) is 33.9 Å². The molecular weight excluding hydrogens is 208 g/mol. The van der Waals surface area contributed by atoms with E-state index >= 15 is 0 Å². The van der Waals surface area contributed by atoms with Crippen molar-refractivity contribution in [3.63, 3.8) is 0 Å². The van der Waals surface area contributed by atoms with Crippen molar-refractivity contribution in [2.24, 2.45) is 0 Å². The molecule has 5 heteroatoms. The van der Waals surface area contributed by atoms with E-state index < -0.39 is 11.7 Å². The third kappa shape index (κ3) is 3.76. The maximum atomic E-state index is 11.4. The minimum atomic E-state index is -0.640. The van der Waals surface area contributed by atoms with Gasteiger partial charge in [-0.15, -0.1) is 0 Å². The molecule has 1 amide bonds. The molecule has 0 bridgehead atoms. The molecule has 0 radical (unpaired) electrons. The number of aromatic hydroxyl groups is 1. The van der Waals surface area contributed by atoms with Gasteiger partial charge in [0, 0.05) is 6.20 Å². The number of pyridine rings is 1. The van der Waals surface area contributed by atoms with Crippen molar-refractivity contribution in [2.75, 3.05) is 5.32 Å². The summed E-state index contributed by atoms with van der Waals surface area (Å²) >= 11 is 0. The van der Waals surface area contributed by atoms with E-state index in [1.165, 1.54) is 6.07 Å². The molecule has 1 aromatic heterocycles. The molecule has 1 heterocycles. The average Bonchev–Trinajstić information content (AvgIpc) is 2.06. The van der Waals surface area contributed by atoms with E-state index in [0.717, 1.165) is 5.56 Å². The Morgan fingerprint density at radius 1 is 1.50 bits per heavy atom. The molecule has 88 valence electrons. The summed E-state index contributed by atoms with van der Waals surface area (Å²) < 4.78 is 5.03. The Labute approximate surface area is 94.5 Å². The van der Waals surface area contributed by atoms with Crippen molar-refractivity contribution in [1.82, 2.24) is 4.98 Å². The van der Waals surface area contributed by atoms with Crippen LogP contribution < -0.4 is 5.32 Å². The molecule has 0 fully saturated rings. The van der Waals surface area contributed by atoms with Gasteiger partial charge in [0.1, 0.15) is 5.60 Å². The number of aryl methyl sites for hydroxylation is 1. The molecule has 0 saturated heterocycles. The maximum absolute atomic E-state index is 11.4. The zero-order valence-electron chi connectivity index (χ0n) is 9.87. The summed E-state index contributed by atoms with van der Waals surface area (Å²) in [6.45, 7) is 7.07. The van der Waals surface area contributed by atoms with E-state index in [2.05, 4.69) is 10.3 Å². The summed E-state index contributed by atoms with van der Waals surface area (Å²) in [4.78, 5) is 15.3. The zero-order valence-corrected chi connectivity index (χ0v) is 9.87. The Hall–Kier alpha value is -1.78. The fourth-order valence-electron chi connectivity index (χ4n) is 1.05. The van der Waals surface area contributed by atoms with Gasteiger partial charge in [0.25, 0.3) is 0 Å². The number of hydrogen-bond acceptors (Lipinski definition) is 4. The van der Waals surface area contributed by atoms with Crippen LogP contribution in [-0.2, 0) is 4.74 Å². The van der Waals surface area contributed by atoms with Gasteiger partial charge in [-0.1, -0.05) is 0 Å². The van der Waals surface area contributed by atoms with Crippen molar-refractivity contribution in [1.29, 1.82) is 0 Å². The monoisotopic (exact) mass is 224 g/mol. The van der Waals surface area contributed by atoms with Crippen molar-refractivity contribution < 1.29 is 14.6 Å². The van der Waals surface area contributed by atoms with E-state index in [1.807, 2.05) is 0 Å². The van der Waals surface area contributed by atoms with Gasteiger partial charge in [0.05, 0.1) is 0 Å². The third-order valence-electron chi connectivity index (χ3n) is 1.62. The predicted octanol–water partition coefficient (Wildman–Crippen LogP) is 2.44. The number of aromatic nitrogens is 1. The van der Waals surface area contributed by atoms with Crippen LogP contribution >= 0.6 is 0 Å². The number of carbonyl (C=O) groups excluding carboxylic acids is 1. The fourth-order valence-corrected chi connectivity index (χ4v) is 1.05. The molecule has 0 unspecified atom stereocenters. The molecule has 0 saturated carbocycles. The van der Waals surface area contributed by atoms with Crippen molar-refractivity contribution in [3.05, 3.63) is 17.8 Å². The predicted molar refractivity (Wildman–Crippen MR) is 60.5 cm³/mol. The van der Waals surface area contributed by atoms with E-state index in [-0.39, 0.29) is 11.6 Å². The Morgan fingerprint density at radius 3 is 2.62 bits per heavy atom. The summed E-state index contributed by atoms with van der Waals surface area (Å²) in [7, 11) is 0. The van der Waals surface area contributed by atoms with Crippen LogP contribution in [0.3, 0.4) is 0 Å². The average molecular weight is 224 g/mol. The van der Waals surface area contributed by atoms with Crippen LogP contribution in [0.2, 0.25) is 0 Å². The number of carbonyl (C=O) groups is 1. The van der Waals surface area contributed by atoms with Gasteiger partial charge in [0.15, 0.2) is 11.6 Å². The second-order valence-electron chi connectivity index (χ2n) is 4.51. The van der Waals surface area contributed by atoms with Crippen LogP contribution in [0, 0.1) is 6.92 Å². The van der Waals surface area contributed by atoms with Gasteiger partial charge in [-0.2, -0.15) is 0 Å². The lowest BCUT2D eigenvalue weighted by molar-refractivity contribution is 0.0634. The highest BCUT2D eigenvalue weighted by molar-refractivity contribution is 5.85. The number of ether oxygens (including phenoxy) is 1. The number of amides is 1. The van der Waals surface area contributed by atoms with E-state index in [9.17, 15) is 9.90 Å². The van der Waals surface area contributed by atoms with Crippen LogP contribution in [0.4, 0.5) is 10.6 Å². The first-order valence-electron chi connectivity index (χ1n) is 4.93. The van der Waals surface area contributed by atoms with Crippen molar-refractivity contribution in [2.45, 2.75) is 33.3 Å². The lowest BCUT2D eigenvalue weighted by atomic mass is 10.2. The summed E-state index contributed by atoms with van der Waals surface area (Å²) in [6.07, 6.45) is 0.908. The minimum absolute atomic E-state index is 0.0779. The Bertz CT molecular complexity index is 397. The highest BCUT2D eigenvalue weighted by Crippen LogP contribution is 2.21. The number of anilines is 1. The van der Waals surface area contributed by atoms with Gasteiger partial charge in [-0.25, -0.2) is 9.78 Å². The molecule has 5 nitrogen and oxygen atoms in total. The third-order valence-corrected chi connectivity index (χ3v) is 1.62. The van der Waals surface area contributed by atoms with Crippen molar-refractivity contribution >= 4 is 11.9 Å². The maximum Gasteiger partial charge on any atom is 0.413 e. The summed E-state index contributed by atoms with van der Waals surface area (Å²) in [5.74, 6) is 0.0192. The molecule has 0 aliphatic carbocycles. The van der Waals surface area contributed by atoms with Gasteiger partial charge >= 0.3 is 6.09 Å². The molecule has 0 aliphatic heterocycles. The molecule has 0 aliphatic rings. The number of rotatable bonds is 1. The molecular formula is C11H16N2O3. The fraction of sp³-hybridized carbons (Fsp3) is 0.455. The van der Waals surface area contributed by atoms with E-state index in [0.29, 0.717) is 0 Å². The smallest absolute Gasteiger partial charge is 0.413 e. The Balaban J connectivity index is 2.70. The SMILES string of the molecule is Cc1cnc(NC(=O)OC(C)(C)C)c(O)c1. The standard InChI is InChI=1S/C11H16N2O3/c1-7-5-8(14)9(12-6-7)13-10(15)16-11(2,3)4/h5-6,14H,1-4H3,(H,12,13,15). The van der Waals surface area contributed by atoms with Crippen LogP contribution in [0.1, 0.15) is 26.3 Å². The molecule has 2 N–H and O–H groups in total. The lowest BCUT2D eigenvalue weighted by Gasteiger charge is -2.19. The Morgan fingerprint density at radius 2 is 2.12 bits per heavy atom. The quantitative estimate of drug-likeness (QED) is 0.768. The molecule has 1 rings (SSSR count). The van der Waals surface area contributed by atoms with Gasteiger partial charge in [-0.05, 0) is 39.3 Å². The summed E-state index contributed by atoms with van der Waals surface area (Å²) in [6, 6.07) is 1.51. The largest absolute Gasteiger partial charge is 0.504 e. The lowest BCUT2D eigenvalue weighted by Crippen LogP contribution is -2.27. The molecule has 0 atom stereocenters. The van der Waals surface area contributed by atoms with E-state index in [4.69, 9.17) is 4.74 Å². The second kappa shape index (κ2) is 4.38. The highest BCUT2D eigenvalue weighted by Gasteiger charge is 2.17. The second-order valence-corrected chi connectivity index (χ2v) is 4.51. The van der Waals surface area contributed by atoms with Crippen LogP contribution in [0.25, 0.3) is 0 Å². The molecule has 16 heavy (non-hydrogen) atoms. The number of nitrogens with one attached hydrogen (secondary N) is 1. The van der Waals surface area contributed by atoms with Crippen LogP contribution in [-0.4, -0.2) is 21.8 Å². The van der Waals surface area contributed by atoms with Gasteiger partial charge in [-0.3, -0.25) is 5.32 Å². The van der Waals surface area contributed by atoms with Gasteiger partial charge in [0.2, 0.25) is 0 Å². The summed E-state index contributed by atoms with van der Waals surface area (Å²) in [5.41, 5.74) is 0.233. The molecule has 1 aromatic rings. The van der Waals surface area contributed by atoms with Crippen molar-refractivity contribution in [3.8, 4) is 5.75 Å².